The van der Waals surface area contributed by atoms with Crippen LogP contribution in [0.15, 0.2) is 53.6 Å². The van der Waals surface area contributed by atoms with Crippen molar-refractivity contribution in [2.24, 2.45) is 11.7 Å². The number of alkyl halides is 7. The molecule has 2 rings (SSSR count). The molecule has 0 atom stereocenters. The molecule has 0 radical (unpaired) electrons. The molecule has 0 bridgehead atoms. The fourth-order valence-electron chi connectivity index (χ4n) is 1.92. The third-order valence-corrected chi connectivity index (χ3v) is 5.85. The van der Waals surface area contributed by atoms with Crippen molar-refractivity contribution < 1.29 is 22.8 Å². The monoisotopic (exact) mass is 532 g/mol. The lowest BCUT2D eigenvalue weighted by Crippen LogP contribution is -2.41. The molecule has 1 aromatic carbocycles. The van der Waals surface area contributed by atoms with Gasteiger partial charge >= 0.3 is 6.18 Å². The van der Waals surface area contributed by atoms with Crippen LogP contribution in [0, 0.1) is 0 Å². The third kappa shape index (κ3) is 8.63. The predicted octanol–water partition coefficient (Wildman–Crippen LogP) is 5.80. The first-order valence-corrected chi connectivity index (χ1v) is 9.49. The van der Waals surface area contributed by atoms with Gasteiger partial charge in [-0.3, -0.25) is 21.3 Å². The van der Waals surface area contributed by atoms with Gasteiger partial charge in [0.05, 0.1) is 6.42 Å². The van der Waals surface area contributed by atoms with E-state index in [1.54, 1.807) is 24.3 Å². The Hall–Kier alpha value is -0.510. The lowest BCUT2D eigenvalue weighted by Gasteiger charge is -2.36. The van der Waals surface area contributed by atoms with Gasteiger partial charge in [-0.1, -0.05) is 82.8 Å². The summed E-state index contributed by atoms with van der Waals surface area (Å²) in [6.45, 7) is 0. The smallest absolute Gasteiger partial charge is 0.276 e. The molecule has 1 aliphatic rings. The predicted molar refractivity (Wildman–Crippen MR) is 112 cm³/mol. The lowest BCUT2D eigenvalue weighted by molar-refractivity contribution is -0.127. The van der Waals surface area contributed by atoms with Crippen molar-refractivity contribution in [2.45, 2.75) is 21.3 Å². The maximum Gasteiger partial charge on any atom is 0.392 e. The van der Waals surface area contributed by atoms with Gasteiger partial charge < -0.3 is 0 Å². The van der Waals surface area contributed by atoms with E-state index in [4.69, 9.17) is 69.6 Å². The van der Waals surface area contributed by atoms with Crippen LogP contribution in [-0.2, 0) is 4.79 Å². The van der Waals surface area contributed by atoms with Gasteiger partial charge in [0.25, 0.3) is 10.5 Å². The van der Waals surface area contributed by atoms with E-state index in [0.29, 0.717) is 5.56 Å². The SMILES string of the molecule is NN.O=C(Cl)C1=C(CC(F)(F)F)C(Cl)(Cl)C(Cl)(Cl)C=C1.O=C(Cl)c1ccccc1. The lowest BCUT2D eigenvalue weighted by atomic mass is 9.93. The number of hydrogen-bond donors (Lipinski definition) is 2. The number of benzene rings is 1. The first-order valence-electron chi connectivity index (χ1n) is 7.22. The van der Waals surface area contributed by atoms with Crippen LogP contribution in [-0.4, -0.2) is 25.3 Å². The van der Waals surface area contributed by atoms with Crippen molar-refractivity contribution in [3.63, 3.8) is 0 Å². The first kappa shape index (κ1) is 28.5. The Bertz CT molecular complexity index is 781. The van der Waals surface area contributed by atoms with Crippen LogP contribution in [0.4, 0.5) is 13.2 Å². The van der Waals surface area contributed by atoms with E-state index in [1.807, 2.05) is 6.07 Å². The normalized spacial score (nSPS) is 16.8. The van der Waals surface area contributed by atoms with Crippen LogP contribution < -0.4 is 11.7 Å². The standard InChI is InChI=1S/C9H4Cl5F3O.C7H5ClO.H4N2/c10-6(18)4-1-2-7(11,12)9(13,14)5(4)3-8(15,16)17;8-7(9)6-4-2-1-3-5-6;1-2/h1-2H,3H2;1-5H;1-2H2. The highest BCUT2D eigenvalue weighted by atomic mass is 35.5. The molecule has 0 saturated carbocycles. The molecular formula is C16H13Cl6F3N2O2. The van der Waals surface area contributed by atoms with E-state index >= 15 is 0 Å². The number of carbonyl (C=O) groups excluding carboxylic acids is 2. The van der Waals surface area contributed by atoms with E-state index in [9.17, 15) is 22.8 Å². The maximum absolute atomic E-state index is 12.5. The van der Waals surface area contributed by atoms with Gasteiger partial charge in [-0.05, 0) is 34.9 Å². The number of carbonyl (C=O) groups is 2. The minimum atomic E-state index is -4.64. The van der Waals surface area contributed by atoms with Crippen molar-refractivity contribution in [1.29, 1.82) is 0 Å². The molecule has 0 unspecified atom stereocenters. The summed E-state index contributed by atoms with van der Waals surface area (Å²) in [6, 6.07) is 8.74. The first-order chi connectivity index (χ1) is 13.2. The molecule has 0 saturated heterocycles. The molecular weight excluding hydrogens is 522 g/mol. The largest absolute Gasteiger partial charge is 0.392 e. The molecule has 0 aliphatic heterocycles. The van der Waals surface area contributed by atoms with Gasteiger partial charge in [-0.2, -0.15) is 13.2 Å². The molecule has 29 heavy (non-hydrogen) atoms. The van der Waals surface area contributed by atoms with Crippen LogP contribution in [0.1, 0.15) is 16.8 Å². The molecule has 1 aliphatic carbocycles. The van der Waals surface area contributed by atoms with Gasteiger partial charge in [-0.15, -0.1) is 0 Å². The fraction of sp³-hybridized carbons (Fsp3) is 0.250. The third-order valence-electron chi connectivity index (χ3n) is 3.17. The Morgan fingerprint density at radius 3 is 1.76 bits per heavy atom. The maximum atomic E-state index is 12.5. The molecule has 4 nitrogen and oxygen atoms in total. The minimum absolute atomic E-state index is 0.407. The van der Waals surface area contributed by atoms with Gasteiger partial charge in [0.1, 0.15) is 0 Å². The van der Waals surface area contributed by atoms with E-state index in [0.717, 1.165) is 12.2 Å². The zero-order valence-corrected chi connectivity index (χ0v) is 18.7. The molecule has 1 aromatic rings. The summed E-state index contributed by atoms with van der Waals surface area (Å²) in [7, 11) is 0. The van der Waals surface area contributed by atoms with Crippen LogP contribution in [0.2, 0.25) is 0 Å². The average molecular weight is 535 g/mol. The Balaban J connectivity index is 0.000000595. The molecule has 0 spiro atoms. The number of hydrogen-bond acceptors (Lipinski definition) is 4. The van der Waals surface area contributed by atoms with Crippen molar-refractivity contribution in [2.75, 3.05) is 0 Å². The zero-order valence-electron chi connectivity index (χ0n) is 14.1. The summed E-state index contributed by atoms with van der Waals surface area (Å²) >= 11 is 33.3. The molecule has 0 amide bonds. The molecule has 162 valence electrons. The molecule has 0 heterocycles. The number of halogens is 9. The highest BCUT2D eigenvalue weighted by Crippen LogP contribution is 2.54. The van der Waals surface area contributed by atoms with E-state index in [1.165, 1.54) is 0 Å². The molecule has 0 aromatic heterocycles. The Morgan fingerprint density at radius 2 is 1.41 bits per heavy atom. The highest BCUT2D eigenvalue weighted by molar-refractivity contribution is 6.70. The minimum Gasteiger partial charge on any atom is -0.276 e. The molecule has 0 fully saturated rings. The summed E-state index contributed by atoms with van der Waals surface area (Å²) in [6.07, 6.45) is -4.21. The number of allylic oxidation sites excluding steroid dienone is 4. The van der Waals surface area contributed by atoms with E-state index in [-0.39, 0.29) is 0 Å². The molecule has 4 N–H and O–H groups in total. The summed E-state index contributed by atoms with van der Waals surface area (Å²) in [5.74, 6) is 8.00. The quantitative estimate of drug-likeness (QED) is 0.222. The van der Waals surface area contributed by atoms with Crippen molar-refractivity contribution >= 4 is 80.1 Å². The van der Waals surface area contributed by atoms with Gasteiger partial charge in [0.15, 0.2) is 8.67 Å². The van der Waals surface area contributed by atoms with Crippen molar-refractivity contribution in [3.05, 3.63) is 59.2 Å². The summed E-state index contributed by atoms with van der Waals surface area (Å²) in [5.41, 5.74) is -0.596. The average Bonchev–Trinajstić information content (AvgIpc) is 2.61. The summed E-state index contributed by atoms with van der Waals surface area (Å²) in [4.78, 5) is 21.5. The topological polar surface area (TPSA) is 86.2 Å². The Morgan fingerprint density at radius 1 is 0.931 bits per heavy atom. The Labute approximate surface area is 194 Å². The molecule has 13 heteroatoms. The van der Waals surface area contributed by atoms with Crippen molar-refractivity contribution in [1.82, 2.24) is 0 Å². The van der Waals surface area contributed by atoms with Gasteiger partial charge in [-0.25, -0.2) is 0 Å². The van der Waals surface area contributed by atoms with E-state index in [2.05, 4.69) is 11.7 Å². The second-order valence-electron chi connectivity index (χ2n) is 5.13. The Kier molecular flexibility index (Phi) is 11.6. The zero-order chi connectivity index (χ0) is 23.0. The van der Waals surface area contributed by atoms with Crippen LogP contribution in [0.25, 0.3) is 0 Å². The summed E-state index contributed by atoms with van der Waals surface area (Å²) < 4.78 is 33.1. The number of rotatable bonds is 3. The summed E-state index contributed by atoms with van der Waals surface area (Å²) in [5, 5.41) is -1.53. The number of hydrazine groups is 1. The number of nitrogens with two attached hydrogens (primary N) is 2. The van der Waals surface area contributed by atoms with Gasteiger partial charge in [0.2, 0.25) is 0 Å². The van der Waals surface area contributed by atoms with E-state index < -0.39 is 42.9 Å². The second kappa shape index (κ2) is 11.8. The van der Waals surface area contributed by atoms with Gasteiger partial charge in [0, 0.05) is 11.1 Å². The second-order valence-corrected chi connectivity index (χ2v) is 8.53. The highest BCUT2D eigenvalue weighted by Gasteiger charge is 2.53. The van der Waals surface area contributed by atoms with Crippen LogP contribution >= 0.6 is 69.6 Å². The fourth-order valence-corrected chi connectivity index (χ4v) is 3.04. The van der Waals surface area contributed by atoms with Crippen LogP contribution in [0.5, 0.6) is 0 Å². The van der Waals surface area contributed by atoms with Crippen LogP contribution in [0.3, 0.4) is 0 Å². The van der Waals surface area contributed by atoms with Crippen molar-refractivity contribution in [3.8, 4) is 0 Å².